The SMILES string of the molecule is COc1ccc(O[C@H](C)C(=O)N[C@@H](C)CCc2ccccc2)c([N+](=O)[O-])c1. The normalized spacial score (nSPS) is 12.7. The Hall–Kier alpha value is -3.09. The van der Waals surface area contributed by atoms with Gasteiger partial charge in [0.05, 0.1) is 18.1 Å². The molecule has 0 aliphatic rings. The van der Waals surface area contributed by atoms with Gasteiger partial charge in [0, 0.05) is 6.04 Å². The van der Waals surface area contributed by atoms with E-state index in [1.54, 1.807) is 13.0 Å². The van der Waals surface area contributed by atoms with Crippen molar-refractivity contribution in [1.82, 2.24) is 5.32 Å². The van der Waals surface area contributed by atoms with Gasteiger partial charge in [-0.15, -0.1) is 0 Å². The molecule has 0 spiro atoms. The van der Waals surface area contributed by atoms with Crippen LogP contribution in [0.5, 0.6) is 11.5 Å². The number of carbonyl (C=O) groups excluding carboxylic acids is 1. The number of hydrogen-bond donors (Lipinski definition) is 1. The number of nitrogens with zero attached hydrogens (tertiary/aromatic N) is 1. The third-order valence-corrected chi connectivity index (χ3v) is 4.13. The Morgan fingerprint density at radius 1 is 1.19 bits per heavy atom. The van der Waals surface area contributed by atoms with E-state index in [9.17, 15) is 14.9 Å². The van der Waals surface area contributed by atoms with Crippen LogP contribution in [0.2, 0.25) is 0 Å². The van der Waals surface area contributed by atoms with Gasteiger partial charge in [-0.05, 0) is 44.4 Å². The minimum absolute atomic E-state index is 0.0281. The predicted molar refractivity (Wildman–Crippen MR) is 102 cm³/mol. The summed E-state index contributed by atoms with van der Waals surface area (Å²) in [4.78, 5) is 23.0. The molecule has 1 amide bonds. The molecule has 0 saturated heterocycles. The number of nitro benzene ring substituents is 1. The highest BCUT2D eigenvalue weighted by atomic mass is 16.6. The zero-order valence-corrected chi connectivity index (χ0v) is 15.7. The second kappa shape index (κ2) is 9.56. The summed E-state index contributed by atoms with van der Waals surface area (Å²) in [6.45, 7) is 3.48. The van der Waals surface area contributed by atoms with Gasteiger partial charge in [-0.2, -0.15) is 0 Å². The number of amides is 1. The summed E-state index contributed by atoms with van der Waals surface area (Å²) >= 11 is 0. The first-order chi connectivity index (χ1) is 12.9. The molecule has 2 aromatic carbocycles. The van der Waals surface area contributed by atoms with Crippen LogP contribution in [-0.2, 0) is 11.2 Å². The van der Waals surface area contributed by atoms with Crippen molar-refractivity contribution in [3.8, 4) is 11.5 Å². The monoisotopic (exact) mass is 372 g/mol. The molecule has 1 N–H and O–H groups in total. The van der Waals surface area contributed by atoms with Crippen molar-refractivity contribution >= 4 is 11.6 Å². The molecular formula is C20H24N2O5. The third-order valence-electron chi connectivity index (χ3n) is 4.13. The van der Waals surface area contributed by atoms with Crippen molar-refractivity contribution in [3.63, 3.8) is 0 Å². The molecule has 0 bridgehead atoms. The van der Waals surface area contributed by atoms with Gasteiger partial charge in [-0.1, -0.05) is 30.3 Å². The van der Waals surface area contributed by atoms with Gasteiger partial charge in [0.15, 0.2) is 11.9 Å². The maximum Gasteiger partial charge on any atom is 0.314 e. The number of nitrogens with one attached hydrogen (secondary N) is 1. The van der Waals surface area contributed by atoms with Gasteiger partial charge in [0.2, 0.25) is 0 Å². The Morgan fingerprint density at radius 2 is 1.89 bits per heavy atom. The predicted octanol–water partition coefficient (Wildman–Crippen LogP) is 3.51. The number of benzene rings is 2. The summed E-state index contributed by atoms with van der Waals surface area (Å²) < 4.78 is 10.5. The molecule has 2 rings (SSSR count). The average Bonchev–Trinajstić information content (AvgIpc) is 2.67. The van der Waals surface area contributed by atoms with Gasteiger partial charge in [-0.25, -0.2) is 0 Å². The average molecular weight is 372 g/mol. The molecule has 0 saturated carbocycles. The Balaban J connectivity index is 1.92. The largest absolute Gasteiger partial charge is 0.496 e. The summed E-state index contributed by atoms with van der Waals surface area (Å²) in [7, 11) is 1.42. The molecule has 27 heavy (non-hydrogen) atoms. The van der Waals surface area contributed by atoms with Crippen LogP contribution in [0.1, 0.15) is 25.8 Å². The second-order valence-electron chi connectivity index (χ2n) is 6.28. The maximum absolute atomic E-state index is 12.3. The lowest BCUT2D eigenvalue weighted by molar-refractivity contribution is -0.386. The minimum atomic E-state index is -0.865. The second-order valence-corrected chi connectivity index (χ2v) is 6.28. The Labute approximate surface area is 158 Å². The lowest BCUT2D eigenvalue weighted by Crippen LogP contribution is -2.41. The molecule has 2 aromatic rings. The molecule has 0 fully saturated rings. The van der Waals surface area contributed by atoms with Crippen molar-refractivity contribution in [1.29, 1.82) is 0 Å². The van der Waals surface area contributed by atoms with Crippen molar-refractivity contribution < 1.29 is 19.2 Å². The van der Waals surface area contributed by atoms with Gasteiger partial charge >= 0.3 is 5.69 Å². The summed E-state index contributed by atoms with van der Waals surface area (Å²) in [6, 6.07) is 14.2. The van der Waals surface area contributed by atoms with Gasteiger partial charge < -0.3 is 14.8 Å². The number of carbonyl (C=O) groups is 1. The molecule has 7 heteroatoms. The molecule has 7 nitrogen and oxygen atoms in total. The first kappa shape index (κ1) is 20.2. The van der Waals surface area contributed by atoms with Crippen molar-refractivity contribution in [2.45, 2.75) is 38.8 Å². The Kier molecular flexibility index (Phi) is 7.16. The molecule has 144 valence electrons. The first-order valence-electron chi connectivity index (χ1n) is 8.74. The molecule has 0 unspecified atom stereocenters. The first-order valence-corrected chi connectivity index (χ1v) is 8.74. The summed E-state index contributed by atoms with van der Waals surface area (Å²) in [5.74, 6) is 0.0572. The van der Waals surface area contributed by atoms with E-state index in [0.717, 1.165) is 12.8 Å². The zero-order chi connectivity index (χ0) is 19.8. The maximum atomic E-state index is 12.3. The van der Waals surface area contributed by atoms with Crippen molar-refractivity contribution in [2.24, 2.45) is 0 Å². The lowest BCUT2D eigenvalue weighted by atomic mass is 10.1. The number of hydrogen-bond acceptors (Lipinski definition) is 5. The Morgan fingerprint density at radius 3 is 2.52 bits per heavy atom. The van der Waals surface area contributed by atoms with E-state index in [1.807, 2.05) is 37.3 Å². The van der Waals surface area contributed by atoms with Gasteiger partial charge in [0.25, 0.3) is 5.91 Å². The van der Waals surface area contributed by atoms with Crippen LogP contribution in [-0.4, -0.2) is 30.1 Å². The molecule has 0 radical (unpaired) electrons. The highest BCUT2D eigenvalue weighted by Gasteiger charge is 2.22. The van der Waals surface area contributed by atoms with Gasteiger partial charge in [0.1, 0.15) is 5.75 Å². The fraction of sp³-hybridized carbons (Fsp3) is 0.350. The highest BCUT2D eigenvalue weighted by molar-refractivity contribution is 5.81. The molecular weight excluding hydrogens is 348 g/mol. The summed E-state index contributed by atoms with van der Waals surface area (Å²) in [6.07, 6.45) is 0.767. The van der Waals surface area contributed by atoms with Crippen LogP contribution >= 0.6 is 0 Å². The molecule has 0 aromatic heterocycles. The number of nitro groups is 1. The fourth-order valence-corrected chi connectivity index (χ4v) is 2.57. The topological polar surface area (TPSA) is 90.7 Å². The quantitative estimate of drug-likeness (QED) is 0.537. The van der Waals surface area contributed by atoms with Crippen LogP contribution in [0.15, 0.2) is 48.5 Å². The van der Waals surface area contributed by atoms with Crippen molar-refractivity contribution in [2.75, 3.05) is 7.11 Å². The number of rotatable bonds is 9. The van der Waals surface area contributed by atoms with E-state index in [4.69, 9.17) is 9.47 Å². The molecule has 2 atom stereocenters. The minimum Gasteiger partial charge on any atom is -0.496 e. The summed E-state index contributed by atoms with van der Waals surface area (Å²) in [5, 5.41) is 14.1. The lowest BCUT2D eigenvalue weighted by Gasteiger charge is -2.19. The van der Waals surface area contributed by atoms with E-state index in [0.29, 0.717) is 5.75 Å². The zero-order valence-electron chi connectivity index (χ0n) is 15.7. The number of ether oxygens (including phenoxy) is 2. The van der Waals surface area contributed by atoms with Crippen LogP contribution in [0, 0.1) is 10.1 Å². The standard InChI is InChI=1S/C20H24N2O5/c1-14(9-10-16-7-5-4-6-8-16)21-20(23)15(2)27-19-12-11-17(26-3)13-18(19)22(24)25/h4-8,11-15H,9-10H2,1-3H3,(H,21,23)/t14-,15+/m0/s1. The van der Waals surface area contributed by atoms with Crippen molar-refractivity contribution in [3.05, 3.63) is 64.2 Å². The van der Waals surface area contributed by atoms with Crippen LogP contribution < -0.4 is 14.8 Å². The highest BCUT2D eigenvalue weighted by Crippen LogP contribution is 2.31. The summed E-state index contributed by atoms with van der Waals surface area (Å²) in [5.41, 5.74) is 0.961. The third kappa shape index (κ3) is 5.99. The van der Waals surface area contributed by atoms with E-state index in [1.165, 1.54) is 24.8 Å². The Bertz CT molecular complexity index is 779. The molecule has 0 aliphatic carbocycles. The van der Waals surface area contributed by atoms with Gasteiger partial charge in [-0.3, -0.25) is 14.9 Å². The van der Waals surface area contributed by atoms with E-state index < -0.39 is 11.0 Å². The van der Waals surface area contributed by atoms with Crippen LogP contribution in [0.3, 0.4) is 0 Å². The van der Waals surface area contributed by atoms with E-state index >= 15 is 0 Å². The smallest absolute Gasteiger partial charge is 0.314 e. The molecule has 0 aliphatic heterocycles. The van der Waals surface area contributed by atoms with Crippen LogP contribution in [0.25, 0.3) is 0 Å². The van der Waals surface area contributed by atoms with E-state index in [-0.39, 0.29) is 23.4 Å². The molecule has 0 heterocycles. The number of methoxy groups -OCH3 is 1. The number of aryl methyl sites for hydroxylation is 1. The van der Waals surface area contributed by atoms with Crippen LogP contribution in [0.4, 0.5) is 5.69 Å². The fourth-order valence-electron chi connectivity index (χ4n) is 2.57. The van der Waals surface area contributed by atoms with E-state index in [2.05, 4.69) is 5.32 Å².